The summed E-state index contributed by atoms with van der Waals surface area (Å²) in [6.07, 6.45) is 8.16. The molecule has 2 aromatic rings. The van der Waals surface area contributed by atoms with Crippen LogP contribution in [0.3, 0.4) is 0 Å². The standard InChI is InChI=1S/C44H67N7O6/c1-10-28(4)38(50(7)44(55)37(27(2)3)48-43(54)39-31-19-20-32(25-31)49(39)6)35(56-8)26-36(52)51-23-14-18-34(51)40(57-9)29(5)42(53)47-33(41-45-21-15-22-46-41)24-30-16-12-11-13-17-30/h11-13,15-17,21-22,27-29,31-35,37-40H,10,14,18-20,23-26H2,1-9H3,(H,47,53)(H,48,54)/t28-,29+,31-,32+,33+,34-,35-,37-,38-,39-,40+/m0/s1. The molecule has 1 saturated carbocycles. The highest BCUT2D eigenvalue weighted by atomic mass is 16.5. The summed E-state index contributed by atoms with van der Waals surface area (Å²) in [6.45, 7) is 10.4. The Labute approximate surface area is 340 Å². The van der Waals surface area contributed by atoms with Crippen LogP contribution in [0.1, 0.15) is 97.0 Å². The zero-order valence-electron chi connectivity index (χ0n) is 35.6. The van der Waals surface area contributed by atoms with Crippen molar-refractivity contribution < 1.29 is 28.7 Å². The lowest BCUT2D eigenvalue weighted by atomic mass is 9.89. The predicted octanol–water partition coefficient (Wildman–Crippen LogP) is 4.42. The number of carbonyl (C=O) groups is 4. The van der Waals surface area contributed by atoms with Crippen molar-refractivity contribution in [3.63, 3.8) is 0 Å². The lowest BCUT2D eigenvalue weighted by molar-refractivity contribution is -0.148. The number of aromatic nitrogens is 2. The van der Waals surface area contributed by atoms with E-state index < -0.39 is 36.3 Å². The van der Waals surface area contributed by atoms with Crippen LogP contribution in [-0.2, 0) is 35.1 Å². The van der Waals surface area contributed by atoms with Crippen molar-refractivity contribution in [3.8, 4) is 0 Å². The van der Waals surface area contributed by atoms with Crippen LogP contribution in [0.4, 0.5) is 0 Å². The van der Waals surface area contributed by atoms with Crippen molar-refractivity contribution in [1.29, 1.82) is 0 Å². The van der Waals surface area contributed by atoms with Gasteiger partial charge in [0.1, 0.15) is 6.04 Å². The van der Waals surface area contributed by atoms with Gasteiger partial charge >= 0.3 is 0 Å². The van der Waals surface area contributed by atoms with E-state index >= 15 is 0 Å². The van der Waals surface area contributed by atoms with Crippen molar-refractivity contribution in [2.45, 2.75) is 134 Å². The molecule has 1 aromatic carbocycles. The summed E-state index contributed by atoms with van der Waals surface area (Å²) in [5.74, 6) is -0.477. The third-order valence-electron chi connectivity index (χ3n) is 13.2. The number of ether oxygens (including phenoxy) is 2. The first kappa shape index (κ1) is 44.2. The summed E-state index contributed by atoms with van der Waals surface area (Å²) in [5, 5.41) is 6.33. The van der Waals surface area contributed by atoms with Crippen LogP contribution < -0.4 is 10.6 Å². The molecule has 57 heavy (non-hydrogen) atoms. The Kier molecular flexibility index (Phi) is 15.6. The second-order valence-electron chi connectivity index (χ2n) is 17.0. The molecule has 0 radical (unpaired) electrons. The molecule has 13 heteroatoms. The minimum Gasteiger partial charge on any atom is -0.379 e. The van der Waals surface area contributed by atoms with Gasteiger partial charge in [-0.25, -0.2) is 9.97 Å². The summed E-state index contributed by atoms with van der Waals surface area (Å²) < 4.78 is 12.1. The van der Waals surface area contributed by atoms with Crippen LogP contribution in [-0.4, -0.2) is 126 Å². The number of likely N-dealkylation sites (tertiary alicyclic amines) is 2. The Bertz CT molecular complexity index is 1630. The van der Waals surface area contributed by atoms with Gasteiger partial charge in [-0.05, 0) is 75.0 Å². The molecule has 1 aromatic heterocycles. The molecule has 2 aliphatic heterocycles. The van der Waals surface area contributed by atoms with Gasteiger partial charge < -0.3 is 29.9 Å². The smallest absolute Gasteiger partial charge is 0.245 e. The Morgan fingerprint density at radius 1 is 0.947 bits per heavy atom. The molecule has 4 amide bonds. The van der Waals surface area contributed by atoms with Crippen LogP contribution in [0.5, 0.6) is 0 Å². The quantitative estimate of drug-likeness (QED) is 0.211. The molecular formula is C44H67N7O6. The molecular weight excluding hydrogens is 723 g/mol. The molecule has 5 rings (SSSR count). The summed E-state index contributed by atoms with van der Waals surface area (Å²) in [6, 6.07) is 9.94. The van der Waals surface area contributed by atoms with Gasteiger partial charge in [0.2, 0.25) is 23.6 Å². The van der Waals surface area contributed by atoms with Crippen LogP contribution in [0.2, 0.25) is 0 Å². The lowest BCUT2D eigenvalue weighted by Crippen LogP contribution is -2.60. The minimum atomic E-state index is -0.714. The number of rotatable bonds is 19. The van der Waals surface area contributed by atoms with E-state index in [4.69, 9.17) is 9.47 Å². The molecule has 3 heterocycles. The predicted molar refractivity (Wildman–Crippen MR) is 219 cm³/mol. The highest BCUT2D eigenvalue weighted by Gasteiger charge is 2.49. The summed E-state index contributed by atoms with van der Waals surface area (Å²) in [4.78, 5) is 71.0. The number of amides is 4. The molecule has 1 aliphatic carbocycles. The second kappa shape index (κ2) is 20.2. The second-order valence-corrected chi connectivity index (χ2v) is 17.0. The monoisotopic (exact) mass is 790 g/mol. The average molecular weight is 790 g/mol. The maximum Gasteiger partial charge on any atom is 0.245 e. The Balaban J connectivity index is 1.27. The minimum absolute atomic E-state index is 0.000781. The maximum absolute atomic E-state index is 14.4. The van der Waals surface area contributed by atoms with E-state index in [0.717, 1.165) is 37.7 Å². The first-order chi connectivity index (χ1) is 27.3. The third kappa shape index (κ3) is 10.2. The van der Waals surface area contributed by atoms with Gasteiger partial charge in [-0.1, -0.05) is 71.4 Å². The molecule has 3 aliphatic rings. The van der Waals surface area contributed by atoms with E-state index in [1.165, 1.54) is 0 Å². The summed E-state index contributed by atoms with van der Waals surface area (Å²) in [5.41, 5.74) is 1.04. The average Bonchev–Trinajstić information content (AvgIpc) is 3.97. The van der Waals surface area contributed by atoms with E-state index in [9.17, 15) is 19.2 Å². The normalized spacial score (nSPS) is 24.4. The number of nitrogens with zero attached hydrogens (tertiary/aromatic N) is 5. The summed E-state index contributed by atoms with van der Waals surface area (Å²) >= 11 is 0. The molecule has 2 bridgehead atoms. The number of carbonyl (C=O) groups excluding carboxylic acids is 4. The Morgan fingerprint density at radius 2 is 1.65 bits per heavy atom. The van der Waals surface area contributed by atoms with Crippen LogP contribution in [0, 0.1) is 23.7 Å². The van der Waals surface area contributed by atoms with Gasteiger partial charge in [-0.15, -0.1) is 0 Å². The number of methoxy groups -OCH3 is 2. The van der Waals surface area contributed by atoms with Crippen LogP contribution in [0.25, 0.3) is 0 Å². The molecule has 0 spiro atoms. The highest BCUT2D eigenvalue weighted by molar-refractivity contribution is 5.90. The number of likely N-dealkylation sites (N-methyl/N-ethyl adjacent to an activating group) is 2. The largest absolute Gasteiger partial charge is 0.379 e. The van der Waals surface area contributed by atoms with Crippen LogP contribution >= 0.6 is 0 Å². The number of hydrogen-bond acceptors (Lipinski definition) is 9. The number of benzene rings is 1. The van der Waals surface area contributed by atoms with E-state index in [1.54, 1.807) is 44.6 Å². The number of nitrogens with one attached hydrogen (secondary N) is 2. The highest BCUT2D eigenvalue weighted by Crippen LogP contribution is 2.41. The fourth-order valence-electron chi connectivity index (χ4n) is 9.74. The topological polar surface area (TPSA) is 146 Å². The Morgan fingerprint density at radius 3 is 2.25 bits per heavy atom. The van der Waals surface area contributed by atoms with Gasteiger partial charge in [0, 0.05) is 46.2 Å². The van der Waals surface area contributed by atoms with E-state index in [-0.39, 0.29) is 54.0 Å². The lowest BCUT2D eigenvalue weighted by Gasteiger charge is -2.41. The van der Waals surface area contributed by atoms with Crippen molar-refractivity contribution in [3.05, 3.63) is 60.2 Å². The van der Waals surface area contributed by atoms with Gasteiger partial charge in [-0.3, -0.25) is 24.1 Å². The van der Waals surface area contributed by atoms with E-state index in [0.29, 0.717) is 37.2 Å². The zero-order valence-corrected chi connectivity index (χ0v) is 35.6. The van der Waals surface area contributed by atoms with Crippen molar-refractivity contribution in [2.75, 3.05) is 34.9 Å². The molecule has 11 atom stereocenters. The third-order valence-corrected chi connectivity index (χ3v) is 13.2. The van der Waals surface area contributed by atoms with Gasteiger partial charge in [0.15, 0.2) is 5.82 Å². The molecule has 0 unspecified atom stereocenters. The molecule has 13 nitrogen and oxygen atoms in total. The zero-order chi connectivity index (χ0) is 41.4. The maximum atomic E-state index is 14.4. The van der Waals surface area contributed by atoms with Gasteiger partial charge in [-0.2, -0.15) is 0 Å². The van der Waals surface area contributed by atoms with Gasteiger partial charge in [0.05, 0.1) is 48.7 Å². The number of fused-ring (bicyclic) bond motifs is 2. The first-order valence-corrected chi connectivity index (χ1v) is 21.1. The fourth-order valence-corrected chi connectivity index (χ4v) is 9.74. The van der Waals surface area contributed by atoms with Crippen LogP contribution in [0.15, 0.2) is 48.8 Å². The number of piperidine rings is 1. The van der Waals surface area contributed by atoms with E-state index in [2.05, 4.69) is 39.3 Å². The van der Waals surface area contributed by atoms with Crippen molar-refractivity contribution in [2.24, 2.45) is 23.7 Å². The molecule has 2 saturated heterocycles. The summed E-state index contributed by atoms with van der Waals surface area (Å²) in [7, 11) is 6.97. The molecule has 314 valence electrons. The number of hydrogen-bond donors (Lipinski definition) is 2. The van der Waals surface area contributed by atoms with Crippen molar-refractivity contribution >= 4 is 23.6 Å². The fraction of sp³-hybridized carbons (Fsp3) is 0.682. The van der Waals surface area contributed by atoms with E-state index in [1.807, 2.05) is 63.1 Å². The molecule has 2 N–H and O–H groups in total. The Hall–Kier alpha value is -3.94. The van der Waals surface area contributed by atoms with Gasteiger partial charge in [0.25, 0.3) is 0 Å². The molecule has 3 fully saturated rings. The first-order valence-electron chi connectivity index (χ1n) is 21.1. The SMILES string of the molecule is CC[C@H](C)[C@@H]([C@H](CC(=O)N1CCC[C@H]1[C@H](OC)[C@@H](C)C(=O)N[C@H](Cc1ccccc1)c1ncccn1)OC)N(C)C(=O)[C@@H](NC(=O)[C@@H]1[C@H]2CC[C@H](C2)N1C)C(C)C. The van der Waals surface area contributed by atoms with Crippen molar-refractivity contribution in [1.82, 2.24) is 35.3 Å².